The van der Waals surface area contributed by atoms with Crippen molar-refractivity contribution in [3.05, 3.63) is 21.9 Å². The molecule has 0 spiro atoms. The first-order chi connectivity index (χ1) is 8.04. The number of nitrogens with zero attached hydrogens (tertiary/aromatic N) is 1. The lowest BCUT2D eigenvalue weighted by Gasteiger charge is -2.15. The van der Waals surface area contributed by atoms with E-state index in [0.29, 0.717) is 0 Å². The number of aliphatic hydroxyl groups is 1. The van der Waals surface area contributed by atoms with Crippen LogP contribution in [0.1, 0.15) is 11.3 Å². The topological polar surface area (TPSA) is 42.4 Å². The summed E-state index contributed by atoms with van der Waals surface area (Å²) in [5, 5.41) is 8.68. The number of aromatic nitrogens is 1. The molecule has 18 heavy (non-hydrogen) atoms. The first-order valence-electron chi connectivity index (χ1n) is 4.18. The van der Waals surface area contributed by atoms with Gasteiger partial charge in [-0.2, -0.15) is 13.2 Å². The Balaban J connectivity index is 3.31. The van der Waals surface area contributed by atoms with Gasteiger partial charge in [-0.15, -0.1) is 13.2 Å². The molecule has 1 rings (SSSR count). The summed E-state index contributed by atoms with van der Waals surface area (Å²) in [7, 11) is 0. The lowest BCUT2D eigenvalue weighted by molar-refractivity contribution is -0.275. The van der Waals surface area contributed by atoms with Crippen molar-refractivity contribution in [3.63, 3.8) is 0 Å². The number of hydrogen-bond donors (Lipinski definition) is 1. The van der Waals surface area contributed by atoms with E-state index < -0.39 is 40.8 Å². The van der Waals surface area contributed by atoms with Gasteiger partial charge in [-0.25, -0.2) is 4.98 Å². The van der Waals surface area contributed by atoms with Crippen LogP contribution in [-0.4, -0.2) is 16.5 Å². The molecule has 0 saturated carbocycles. The molecule has 1 heterocycles. The van der Waals surface area contributed by atoms with Crippen LogP contribution < -0.4 is 4.74 Å². The molecular formula is C8H4BrF6NO2. The van der Waals surface area contributed by atoms with Crippen LogP contribution in [0, 0.1) is 0 Å². The third kappa shape index (κ3) is 3.73. The van der Waals surface area contributed by atoms with Crippen LogP contribution >= 0.6 is 15.9 Å². The molecular weight excluding hydrogens is 336 g/mol. The van der Waals surface area contributed by atoms with Gasteiger partial charge in [0.15, 0.2) is 5.75 Å². The summed E-state index contributed by atoms with van der Waals surface area (Å²) in [6.45, 7) is -1.07. The van der Waals surface area contributed by atoms with E-state index in [1.165, 1.54) is 0 Å². The van der Waals surface area contributed by atoms with Crippen LogP contribution in [0.25, 0.3) is 0 Å². The number of aliphatic hydroxyl groups excluding tert-OH is 1. The molecule has 0 atom stereocenters. The van der Waals surface area contributed by atoms with Crippen molar-refractivity contribution in [2.45, 2.75) is 19.1 Å². The summed E-state index contributed by atoms with van der Waals surface area (Å²) in [6.07, 6.45) is -10.1. The number of pyridine rings is 1. The fourth-order valence-electron chi connectivity index (χ4n) is 1.07. The average molecular weight is 340 g/mol. The molecule has 102 valence electrons. The Hall–Kier alpha value is -1.03. The van der Waals surface area contributed by atoms with Crippen molar-refractivity contribution in [1.29, 1.82) is 0 Å². The highest BCUT2D eigenvalue weighted by molar-refractivity contribution is 9.10. The van der Waals surface area contributed by atoms with Crippen molar-refractivity contribution in [2.75, 3.05) is 0 Å². The maximum Gasteiger partial charge on any atom is 0.573 e. The monoisotopic (exact) mass is 339 g/mol. The van der Waals surface area contributed by atoms with Crippen LogP contribution in [0.2, 0.25) is 0 Å². The molecule has 0 unspecified atom stereocenters. The van der Waals surface area contributed by atoms with Gasteiger partial charge in [-0.1, -0.05) is 0 Å². The third-order valence-electron chi connectivity index (χ3n) is 1.70. The summed E-state index contributed by atoms with van der Waals surface area (Å²) in [5.74, 6) is -1.13. The van der Waals surface area contributed by atoms with Gasteiger partial charge in [0.25, 0.3) is 0 Å². The van der Waals surface area contributed by atoms with Gasteiger partial charge in [-0.05, 0) is 22.0 Å². The molecule has 0 aliphatic carbocycles. The summed E-state index contributed by atoms with van der Waals surface area (Å²) in [5.41, 5.74) is -2.30. The number of rotatable bonds is 2. The molecule has 0 aliphatic heterocycles. The minimum atomic E-state index is -5.15. The van der Waals surface area contributed by atoms with E-state index in [1.54, 1.807) is 0 Å². The molecule has 1 aromatic heterocycles. The summed E-state index contributed by atoms with van der Waals surface area (Å²) < 4.78 is 76.0. The fraction of sp³-hybridized carbons (Fsp3) is 0.375. The Kier molecular flexibility index (Phi) is 4.11. The minimum Gasteiger partial charge on any atom is -0.403 e. The molecule has 1 aromatic rings. The van der Waals surface area contributed by atoms with Gasteiger partial charge in [-0.3, -0.25) is 0 Å². The second-order valence-corrected chi connectivity index (χ2v) is 3.73. The van der Waals surface area contributed by atoms with Crippen LogP contribution in [0.15, 0.2) is 10.7 Å². The number of halogens is 7. The molecule has 3 nitrogen and oxygen atoms in total. The molecule has 0 radical (unpaired) electrons. The number of alkyl halides is 6. The lowest BCUT2D eigenvalue weighted by atomic mass is 10.2. The van der Waals surface area contributed by atoms with E-state index in [1.807, 2.05) is 0 Å². The maximum absolute atomic E-state index is 12.5. The Morgan fingerprint density at radius 2 is 1.78 bits per heavy atom. The van der Waals surface area contributed by atoms with Gasteiger partial charge in [0, 0.05) is 0 Å². The highest BCUT2D eigenvalue weighted by Gasteiger charge is 2.38. The second kappa shape index (κ2) is 4.92. The summed E-state index contributed by atoms with van der Waals surface area (Å²) in [6, 6.07) is 0.121. The van der Waals surface area contributed by atoms with Crippen LogP contribution in [0.5, 0.6) is 5.75 Å². The fourth-order valence-corrected chi connectivity index (χ4v) is 1.48. The Morgan fingerprint density at radius 1 is 1.22 bits per heavy atom. The molecule has 0 amide bonds. The van der Waals surface area contributed by atoms with E-state index in [0.717, 1.165) is 0 Å². The highest BCUT2D eigenvalue weighted by atomic mass is 79.9. The Labute approximate surface area is 105 Å². The zero-order valence-corrected chi connectivity index (χ0v) is 9.82. The van der Waals surface area contributed by atoms with Crippen LogP contribution in [0.3, 0.4) is 0 Å². The van der Waals surface area contributed by atoms with E-state index >= 15 is 0 Å². The van der Waals surface area contributed by atoms with Crippen molar-refractivity contribution >= 4 is 15.9 Å². The average Bonchev–Trinajstić information content (AvgIpc) is 2.16. The molecule has 0 bridgehead atoms. The van der Waals surface area contributed by atoms with Crippen LogP contribution in [0.4, 0.5) is 26.3 Å². The van der Waals surface area contributed by atoms with Crippen molar-refractivity contribution in [1.82, 2.24) is 4.98 Å². The molecule has 0 saturated heterocycles. The zero-order chi connectivity index (χ0) is 14.1. The van der Waals surface area contributed by atoms with Gasteiger partial charge in [0.05, 0.1) is 17.9 Å². The summed E-state index contributed by atoms with van der Waals surface area (Å²) in [4.78, 5) is 3.16. The normalized spacial score (nSPS) is 12.7. The van der Waals surface area contributed by atoms with E-state index in [2.05, 4.69) is 25.7 Å². The minimum absolute atomic E-state index is 0.121. The standard InChI is InChI=1S/C8H4BrF6NO2/c9-6-5(18-8(13,14)15)1-3(7(10,11)12)4(2-17)16-6/h1,17H,2H2. The van der Waals surface area contributed by atoms with Crippen molar-refractivity contribution in [3.8, 4) is 5.75 Å². The molecule has 1 N–H and O–H groups in total. The van der Waals surface area contributed by atoms with E-state index in [-0.39, 0.29) is 6.07 Å². The molecule has 0 fully saturated rings. The van der Waals surface area contributed by atoms with E-state index in [4.69, 9.17) is 5.11 Å². The van der Waals surface area contributed by atoms with Gasteiger partial charge in [0.1, 0.15) is 4.60 Å². The largest absolute Gasteiger partial charge is 0.573 e. The predicted octanol–water partition coefficient (Wildman–Crippen LogP) is 3.25. The summed E-state index contributed by atoms with van der Waals surface area (Å²) >= 11 is 2.53. The molecule has 0 aliphatic rings. The number of ether oxygens (including phenoxy) is 1. The molecule has 0 aromatic carbocycles. The predicted molar refractivity (Wildman–Crippen MR) is 49.5 cm³/mol. The SMILES string of the molecule is OCc1nc(Br)c(OC(F)(F)F)cc1C(F)(F)F. The Morgan fingerprint density at radius 3 is 2.17 bits per heavy atom. The lowest BCUT2D eigenvalue weighted by Crippen LogP contribution is -2.19. The quantitative estimate of drug-likeness (QED) is 0.664. The first kappa shape index (κ1) is 15.0. The van der Waals surface area contributed by atoms with Gasteiger partial charge in [0.2, 0.25) is 0 Å². The van der Waals surface area contributed by atoms with Gasteiger partial charge >= 0.3 is 12.5 Å². The third-order valence-corrected chi connectivity index (χ3v) is 2.27. The first-order valence-corrected chi connectivity index (χ1v) is 4.97. The van der Waals surface area contributed by atoms with Gasteiger partial charge < -0.3 is 9.84 Å². The van der Waals surface area contributed by atoms with E-state index in [9.17, 15) is 26.3 Å². The molecule has 10 heteroatoms. The Bertz CT molecular complexity index is 444. The maximum atomic E-state index is 12.5. The van der Waals surface area contributed by atoms with Crippen molar-refractivity contribution < 1.29 is 36.2 Å². The second-order valence-electron chi connectivity index (χ2n) is 2.98. The number of hydrogen-bond acceptors (Lipinski definition) is 3. The van der Waals surface area contributed by atoms with Crippen molar-refractivity contribution in [2.24, 2.45) is 0 Å². The highest BCUT2D eigenvalue weighted by Crippen LogP contribution is 2.38. The van der Waals surface area contributed by atoms with Crippen LogP contribution in [-0.2, 0) is 12.8 Å². The smallest absolute Gasteiger partial charge is 0.403 e. The zero-order valence-electron chi connectivity index (χ0n) is 8.23.